The second-order valence-corrected chi connectivity index (χ2v) is 9.83. The molecule has 10 heteroatoms. The molecule has 0 saturated carbocycles. The predicted octanol–water partition coefficient (Wildman–Crippen LogP) is 7.87. The number of methoxy groups -OCH3 is 1. The minimum absolute atomic E-state index is 0.0860. The van der Waals surface area contributed by atoms with E-state index in [-0.39, 0.29) is 29.5 Å². The van der Waals surface area contributed by atoms with Gasteiger partial charge in [0.25, 0.3) is 0 Å². The summed E-state index contributed by atoms with van der Waals surface area (Å²) in [6, 6.07) is 8.09. The second-order valence-electron chi connectivity index (χ2n) is 9.83. The molecule has 1 aromatic heterocycles. The number of anilines is 1. The molecule has 2 heterocycles. The summed E-state index contributed by atoms with van der Waals surface area (Å²) >= 11 is 0. The van der Waals surface area contributed by atoms with Gasteiger partial charge in [0.15, 0.2) is 0 Å². The van der Waals surface area contributed by atoms with Crippen LogP contribution < -0.4 is 15.4 Å². The zero-order chi connectivity index (χ0) is 28.4. The van der Waals surface area contributed by atoms with Crippen molar-refractivity contribution in [3.05, 3.63) is 78.0 Å². The molecule has 0 aliphatic carbocycles. The van der Waals surface area contributed by atoms with Crippen LogP contribution >= 0.6 is 0 Å². The van der Waals surface area contributed by atoms with E-state index >= 15 is 0 Å². The molecule has 1 fully saturated rings. The zero-order valence-electron chi connectivity index (χ0n) is 21.7. The van der Waals surface area contributed by atoms with Crippen LogP contribution in [0.25, 0.3) is 10.9 Å². The number of nitrogens with one attached hydrogen (secondary N) is 2. The second kappa shape index (κ2) is 11.5. The topological polar surface area (TPSA) is 46.2 Å². The molecule has 0 bridgehead atoms. The van der Waals surface area contributed by atoms with Gasteiger partial charge in [-0.3, -0.25) is 4.98 Å². The normalized spacial score (nSPS) is 19.9. The highest BCUT2D eigenvalue weighted by Crippen LogP contribution is 2.44. The van der Waals surface area contributed by atoms with Gasteiger partial charge in [0.05, 0.1) is 29.8 Å². The van der Waals surface area contributed by atoms with E-state index in [2.05, 4.69) is 22.2 Å². The number of alkyl halides is 6. The minimum Gasteiger partial charge on any atom is -0.497 e. The van der Waals surface area contributed by atoms with Crippen molar-refractivity contribution in [2.24, 2.45) is 17.8 Å². The van der Waals surface area contributed by atoms with Crippen molar-refractivity contribution in [3.8, 4) is 5.75 Å². The maximum atomic E-state index is 13.7. The maximum Gasteiger partial charge on any atom is 0.416 e. The minimum atomic E-state index is -4.95. The number of ether oxygens (including phenoxy) is 1. The molecular formula is C29H31F6N3O. The Morgan fingerprint density at radius 1 is 1.08 bits per heavy atom. The first-order valence-corrected chi connectivity index (χ1v) is 12.8. The Morgan fingerprint density at radius 3 is 2.36 bits per heavy atom. The molecule has 0 radical (unpaired) electrons. The standard InChI is InChI=1S/C29H31F6N3O/c1-4-17-16-36-10-8-23(17)22(5-2)27(24-9-11-37-26-7-6-21(39-3)15-25(24)26)38-20-13-18(28(30,31)32)12-19(14-20)29(33,34)35/h4,6-7,9,11-15,17,22-23,27,36,38H,1,5,8,10,16H2,2-3H3. The van der Waals surface area contributed by atoms with Crippen molar-refractivity contribution < 1.29 is 31.1 Å². The van der Waals surface area contributed by atoms with Crippen LogP contribution in [0.2, 0.25) is 0 Å². The van der Waals surface area contributed by atoms with Crippen LogP contribution in [0.4, 0.5) is 32.0 Å². The van der Waals surface area contributed by atoms with Crippen LogP contribution in [0.1, 0.15) is 42.5 Å². The molecule has 4 nitrogen and oxygen atoms in total. The number of pyridine rings is 1. The lowest BCUT2D eigenvalue weighted by atomic mass is 9.71. The molecule has 0 spiro atoms. The fourth-order valence-corrected chi connectivity index (χ4v) is 5.66. The van der Waals surface area contributed by atoms with E-state index < -0.39 is 29.5 Å². The lowest BCUT2D eigenvalue weighted by Crippen LogP contribution is -2.41. The van der Waals surface area contributed by atoms with Gasteiger partial charge < -0.3 is 15.4 Å². The fourth-order valence-electron chi connectivity index (χ4n) is 5.66. The third-order valence-electron chi connectivity index (χ3n) is 7.56. The third kappa shape index (κ3) is 6.32. The average Bonchev–Trinajstić information content (AvgIpc) is 2.91. The molecule has 1 aliphatic heterocycles. The van der Waals surface area contributed by atoms with E-state index in [1.54, 1.807) is 30.5 Å². The Morgan fingerprint density at radius 2 is 1.77 bits per heavy atom. The smallest absolute Gasteiger partial charge is 0.416 e. The van der Waals surface area contributed by atoms with Crippen LogP contribution in [0.5, 0.6) is 5.75 Å². The molecule has 2 aromatic carbocycles. The van der Waals surface area contributed by atoms with Crippen LogP contribution in [-0.4, -0.2) is 25.2 Å². The first-order chi connectivity index (χ1) is 18.5. The van der Waals surface area contributed by atoms with Crippen molar-refractivity contribution in [2.45, 2.75) is 38.2 Å². The Balaban J connectivity index is 1.91. The maximum absolute atomic E-state index is 13.7. The van der Waals surface area contributed by atoms with Gasteiger partial charge in [-0.1, -0.05) is 19.4 Å². The van der Waals surface area contributed by atoms with Crippen molar-refractivity contribution in [1.29, 1.82) is 0 Å². The largest absolute Gasteiger partial charge is 0.497 e. The van der Waals surface area contributed by atoms with Crippen LogP contribution in [0.3, 0.4) is 0 Å². The van der Waals surface area contributed by atoms with Crippen molar-refractivity contribution >= 4 is 16.6 Å². The first-order valence-electron chi connectivity index (χ1n) is 12.8. The molecule has 1 aliphatic rings. The SMILES string of the molecule is C=CC1CNCCC1C(CC)C(Nc1cc(C(F)(F)F)cc(C(F)(F)F)c1)c1ccnc2ccc(OC)cc12. The fraction of sp³-hybridized carbons (Fsp3) is 0.414. The number of hydrogen-bond acceptors (Lipinski definition) is 4. The molecule has 4 atom stereocenters. The first kappa shape index (κ1) is 28.7. The van der Waals surface area contributed by atoms with Crippen molar-refractivity contribution in [1.82, 2.24) is 10.3 Å². The monoisotopic (exact) mass is 551 g/mol. The molecule has 39 heavy (non-hydrogen) atoms. The van der Waals surface area contributed by atoms with Gasteiger partial charge in [-0.15, -0.1) is 6.58 Å². The molecule has 4 rings (SSSR count). The molecule has 210 valence electrons. The number of piperidine rings is 1. The lowest BCUT2D eigenvalue weighted by Gasteiger charge is -2.41. The number of rotatable bonds is 8. The van der Waals surface area contributed by atoms with E-state index in [9.17, 15) is 26.3 Å². The van der Waals surface area contributed by atoms with Gasteiger partial charge in [0, 0.05) is 23.8 Å². The summed E-state index contributed by atoms with van der Waals surface area (Å²) in [5.74, 6) is 0.597. The lowest BCUT2D eigenvalue weighted by molar-refractivity contribution is -0.143. The van der Waals surface area contributed by atoms with Gasteiger partial charge in [-0.25, -0.2) is 0 Å². The van der Waals surface area contributed by atoms with E-state index in [1.165, 1.54) is 7.11 Å². The van der Waals surface area contributed by atoms with E-state index in [4.69, 9.17) is 4.74 Å². The van der Waals surface area contributed by atoms with Crippen LogP contribution in [0.15, 0.2) is 61.3 Å². The van der Waals surface area contributed by atoms with Gasteiger partial charge in [0.2, 0.25) is 0 Å². The Bertz CT molecular complexity index is 1270. The number of benzene rings is 2. The molecule has 4 unspecified atom stereocenters. The van der Waals surface area contributed by atoms with E-state index in [0.717, 1.165) is 30.7 Å². The number of aromatic nitrogens is 1. The van der Waals surface area contributed by atoms with Gasteiger partial charge in [-0.05, 0) is 78.7 Å². The van der Waals surface area contributed by atoms with Gasteiger partial charge in [0.1, 0.15) is 5.75 Å². The quantitative estimate of drug-likeness (QED) is 0.221. The number of fused-ring (bicyclic) bond motifs is 1. The average molecular weight is 552 g/mol. The van der Waals surface area contributed by atoms with Crippen LogP contribution in [0, 0.1) is 17.8 Å². The van der Waals surface area contributed by atoms with Crippen LogP contribution in [-0.2, 0) is 12.4 Å². The number of halogens is 6. The predicted molar refractivity (Wildman–Crippen MR) is 140 cm³/mol. The van der Waals surface area contributed by atoms with Gasteiger partial charge >= 0.3 is 12.4 Å². The summed E-state index contributed by atoms with van der Waals surface area (Å²) in [6.45, 7) is 7.42. The summed E-state index contributed by atoms with van der Waals surface area (Å²) in [4.78, 5) is 4.42. The Hall–Kier alpha value is -3.27. The molecule has 0 amide bonds. The summed E-state index contributed by atoms with van der Waals surface area (Å²) in [7, 11) is 1.52. The summed E-state index contributed by atoms with van der Waals surface area (Å²) in [5, 5.41) is 7.18. The van der Waals surface area contributed by atoms with Gasteiger partial charge in [-0.2, -0.15) is 26.3 Å². The molecule has 3 aromatic rings. The number of nitrogens with zero attached hydrogens (tertiary/aromatic N) is 1. The molecule has 1 saturated heterocycles. The summed E-state index contributed by atoms with van der Waals surface area (Å²) in [6.07, 6.45) is -5.00. The van der Waals surface area contributed by atoms with E-state index in [0.29, 0.717) is 29.6 Å². The van der Waals surface area contributed by atoms with Crippen molar-refractivity contribution in [3.63, 3.8) is 0 Å². The zero-order valence-corrected chi connectivity index (χ0v) is 21.7. The molecule has 2 N–H and O–H groups in total. The highest BCUT2D eigenvalue weighted by atomic mass is 19.4. The highest BCUT2D eigenvalue weighted by Gasteiger charge is 2.39. The molecular weight excluding hydrogens is 520 g/mol. The number of hydrogen-bond donors (Lipinski definition) is 2. The summed E-state index contributed by atoms with van der Waals surface area (Å²) < 4.78 is 87.4. The Kier molecular flexibility index (Phi) is 8.44. The highest BCUT2D eigenvalue weighted by molar-refractivity contribution is 5.84. The Labute approximate surface area is 223 Å². The third-order valence-corrected chi connectivity index (χ3v) is 7.56. The van der Waals surface area contributed by atoms with E-state index in [1.807, 2.05) is 13.0 Å². The van der Waals surface area contributed by atoms with Crippen molar-refractivity contribution in [2.75, 3.05) is 25.5 Å². The summed E-state index contributed by atoms with van der Waals surface area (Å²) in [5.41, 5.74) is -1.62.